The minimum Gasteiger partial charge on any atom is -0.384 e. The Labute approximate surface area is 368 Å². The van der Waals surface area contributed by atoms with Gasteiger partial charge in [-0.05, 0) is 98.9 Å². The van der Waals surface area contributed by atoms with Crippen LogP contribution in [0.2, 0.25) is 0 Å². The van der Waals surface area contributed by atoms with E-state index in [0.29, 0.717) is 50.2 Å². The maximum Gasteiger partial charge on any atom is 0.230 e. The molecule has 4 fully saturated rings. The number of aromatic nitrogens is 2. The fourth-order valence-electron chi connectivity index (χ4n) is 9.56. The molecule has 2 amide bonds. The Morgan fingerprint density at radius 1 is 0.548 bits per heavy atom. The summed E-state index contributed by atoms with van der Waals surface area (Å²) in [6.45, 7) is 17.3. The SMILES string of the molecule is CCC(O)(CC)c1ccc(N2CC[C@@H](Cc3ccccc3N3CCNCC3)C2=O)cn1.CCC(O)(CC)c1ccc(N2CC[C@H](Cc3ccccc3N3CCNCC3)C2=O)cn1. The number of hydrogen-bond acceptors (Lipinski definition) is 10. The molecule has 62 heavy (non-hydrogen) atoms. The highest BCUT2D eigenvalue weighted by molar-refractivity contribution is 5.98. The number of pyridine rings is 2. The predicted molar refractivity (Wildman–Crippen MR) is 249 cm³/mol. The molecule has 332 valence electrons. The largest absolute Gasteiger partial charge is 0.384 e. The zero-order valence-corrected chi connectivity index (χ0v) is 37.4. The molecule has 12 heteroatoms. The van der Waals surface area contributed by atoms with Gasteiger partial charge in [-0.2, -0.15) is 0 Å². The van der Waals surface area contributed by atoms with Crippen LogP contribution in [0.25, 0.3) is 0 Å². The summed E-state index contributed by atoms with van der Waals surface area (Å²) in [5, 5.41) is 28.2. The maximum atomic E-state index is 13.2. The molecule has 4 aromatic rings. The van der Waals surface area contributed by atoms with Crippen LogP contribution in [0.15, 0.2) is 85.2 Å². The van der Waals surface area contributed by atoms with Crippen molar-refractivity contribution in [2.45, 2.75) is 90.3 Å². The van der Waals surface area contributed by atoms with E-state index in [2.05, 4.69) is 78.9 Å². The number of nitrogens with zero attached hydrogens (tertiary/aromatic N) is 6. The second-order valence-electron chi connectivity index (χ2n) is 17.4. The van der Waals surface area contributed by atoms with Crippen molar-refractivity contribution in [2.75, 3.05) is 85.0 Å². The Bertz CT molecular complexity index is 1930. The summed E-state index contributed by atoms with van der Waals surface area (Å²) < 4.78 is 0. The summed E-state index contributed by atoms with van der Waals surface area (Å²) in [4.78, 5) is 44.0. The second-order valence-corrected chi connectivity index (χ2v) is 17.4. The number of amides is 2. The van der Waals surface area contributed by atoms with Crippen molar-refractivity contribution in [1.29, 1.82) is 0 Å². The van der Waals surface area contributed by atoms with Gasteiger partial charge < -0.3 is 40.4 Å². The molecule has 0 unspecified atom stereocenters. The molecule has 6 heterocycles. The molecule has 0 spiro atoms. The Balaban J connectivity index is 0.000000186. The van der Waals surface area contributed by atoms with Gasteiger partial charge in [0.1, 0.15) is 11.2 Å². The highest BCUT2D eigenvalue weighted by Crippen LogP contribution is 2.35. The van der Waals surface area contributed by atoms with Crippen molar-refractivity contribution < 1.29 is 19.8 Å². The summed E-state index contributed by atoms with van der Waals surface area (Å²) in [5.41, 5.74) is 6.24. The molecule has 4 N–H and O–H groups in total. The van der Waals surface area contributed by atoms with Crippen LogP contribution in [0.3, 0.4) is 0 Å². The topological polar surface area (TPSA) is 137 Å². The van der Waals surface area contributed by atoms with Gasteiger partial charge in [-0.1, -0.05) is 64.1 Å². The van der Waals surface area contributed by atoms with Crippen LogP contribution in [0, 0.1) is 11.8 Å². The molecule has 4 saturated heterocycles. The van der Waals surface area contributed by atoms with Crippen LogP contribution >= 0.6 is 0 Å². The van der Waals surface area contributed by atoms with Crippen LogP contribution in [0.1, 0.15) is 88.7 Å². The number of anilines is 4. The molecule has 12 nitrogen and oxygen atoms in total. The molecule has 0 radical (unpaired) electrons. The predicted octanol–water partition coefficient (Wildman–Crippen LogP) is 6.19. The smallest absolute Gasteiger partial charge is 0.230 e. The average Bonchev–Trinajstić information content (AvgIpc) is 3.89. The molecule has 2 aromatic carbocycles. The van der Waals surface area contributed by atoms with Crippen molar-refractivity contribution in [3.8, 4) is 0 Å². The lowest BCUT2D eigenvalue weighted by Crippen LogP contribution is -2.44. The molecule has 2 aromatic heterocycles. The van der Waals surface area contributed by atoms with Gasteiger partial charge in [-0.15, -0.1) is 0 Å². The van der Waals surface area contributed by atoms with Crippen LogP contribution in [0.5, 0.6) is 0 Å². The minimum absolute atomic E-state index is 0.00745. The van der Waals surface area contributed by atoms with Crippen LogP contribution in [-0.2, 0) is 33.6 Å². The number of hydrogen-bond donors (Lipinski definition) is 4. The second kappa shape index (κ2) is 20.5. The first kappa shape index (κ1) is 45.2. The Kier molecular flexibility index (Phi) is 15.0. The molecule has 0 aliphatic carbocycles. The third kappa shape index (κ3) is 9.99. The number of benzene rings is 2. The molecule has 0 saturated carbocycles. The third-order valence-electron chi connectivity index (χ3n) is 13.9. The minimum atomic E-state index is -0.899. The lowest BCUT2D eigenvalue weighted by Gasteiger charge is -2.31. The quantitative estimate of drug-likeness (QED) is 0.116. The zero-order chi connectivity index (χ0) is 43.7. The van der Waals surface area contributed by atoms with E-state index in [1.165, 1.54) is 22.5 Å². The molecular formula is C50H68N8O4. The molecule has 2 atom stereocenters. The van der Waals surface area contributed by atoms with E-state index in [0.717, 1.165) is 89.4 Å². The first-order valence-electron chi connectivity index (χ1n) is 23.2. The van der Waals surface area contributed by atoms with Gasteiger partial charge in [-0.25, -0.2) is 0 Å². The van der Waals surface area contributed by atoms with Gasteiger partial charge in [0.2, 0.25) is 11.8 Å². The Hall–Kier alpha value is -4.88. The lowest BCUT2D eigenvalue weighted by molar-refractivity contribution is -0.121. The monoisotopic (exact) mass is 845 g/mol. The van der Waals surface area contributed by atoms with Crippen molar-refractivity contribution in [3.05, 3.63) is 108 Å². The van der Waals surface area contributed by atoms with Gasteiger partial charge >= 0.3 is 0 Å². The summed E-state index contributed by atoms with van der Waals surface area (Å²) >= 11 is 0. The molecular weight excluding hydrogens is 777 g/mol. The van der Waals surface area contributed by atoms with Crippen LogP contribution in [0.4, 0.5) is 22.7 Å². The number of piperazine rings is 2. The van der Waals surface area contributed by atoms with Gasteiger partial charge in [0.25, 0.3) is 0 Å². The molecule has 4 aliphatic heterocycles. The number of rotatable bonds is 14. The lowest BCUT2D eigenvalue weighted by atomic mass is 9.93. The summed E-state index contributed by atoms with van der Waals surface area (Å²) in [6.07, 6.45) is 9.19. The number of nitrogens with one attached hydrogen (secondary N) is 2. The van der Waals surface area contributed by atoms with E-state index in [1.807, 2.05) is 61.8 Å². The summed E-state index contributed by atoms with van der Waals surface area (Å²) in [5.74, 6) is 0.329. The van der Waals surface area contributed by atoms with Crippen molar-refractivity contribution in [3.63, 3.8) is 0 Å². The first-order valence-corrected chi connectivity index (χ1v) is 23.2. The number of carbonyl (C=O) groups excluding carboxylic acids is 2. The van der Waals surface area contributed by atoms with E-state index in [9.17, 15) is 19.8 Å². The van der Waals surface area contributed by atoms with Crippen molar-refractivity contribution in [1.82, 2.24) is 20.6 Å². The summed E-state index contributed by atoms with van der Waals surface area (Å²) in [7, 11) is 0. The summed E-state index contributed by atoms with van der Waals surface area (Å²) in [6, 6.07) is 24.6. The third-order valence-corrected chi connectivity index (χ3v) is 13.9. The highest BCUT2D eigenvalue weighted by atomic mass is 16.3. The molecule has 8 rings (SSSR count). The average molecular weight is 845 g/mol. The van der Waals surface area contributed by atoms with Gasteiger partial charge in [-0.3, -0.25) is 19.6 Å². The normalized spacial score (nSPS) is 19.8. The fraction of sp³-hybridized carbons (Fsp3) is 0.520. The van der Waals surface area contributed by atoms with Crippen LogP contribution < -0.4 is 30.2 Å². The van der Waals surface area contributed by atoms with Gasteiger partial charge in [0.05, 0.1) is 35.2 Å². The fourth-order valence-corrected chi connectivity index (χ4v) is 9.56. The molecule has 0 bridgehead atoms. The Morgan fingerprint density at radius 2 is 0.919 bits per heavy atom. The molecule has 4 aliphatic rings. The van der Waals surface area contributed by atoms with E-state index in [4.69, 9.17) is 0 Å². The van der Waals surface area contributed by atoms with E-state index in [1.54, 1.807) is 12.4 Å². The van der Waals surface area contributed by atoms with Crippen LogP contribution in [-0.4, -0.2) is 97.4 Å². The van der Waals surface area contributed by atoms with Crippen molar-refractivity contribution >= 4 is 34.6 Å². The van der Waals surface area contributed by atoms with E-state index >= 15 is 0 Å². The van der Waals surface area contributed by atoms with Crippen molar-refractivity contribution in [2.24, 2.45) is 11.8 Å². The number of carbonyl (C=O) groups is 2. The van der Waals surface area contributed by atoms with Gasteiger partial charge in [0.15, 0.2) is 0 Å². The van der Waals surface area contributed by atoms with Gasteiger partial charge in [0, 0.05) is 88.7 Å². The van der Waals surface area contributed by atoms with E-state index in [-0.39, 0.29) is 23.7 Å². The zero-order valence-electron chi connectivity index (χ0n) is 37.4. The van der Waals surface area contributed by atoms with E-state index < -0.39 is 11.2 Å². The first-order chi connectivity index (χ1) is 30.1. The highest BCUT2D eigenvalue weighted by Gasteiger charge is 2.36. The maximum absolute atomic E-state index is 13.2. The standard InChI is InChI=1S/2C25H34N4O2/c2*1-3-25(31,4-2)23-10-9-21(18-27-23)29-14-11-20(24(29)30)17-19-7-5-6-8-22(19)28-15-12-26-13-16-28/h2*5-10,18,20,26,31H,3-4,11-17H2,1-2H3/t2*20-/m10/s1. The number of aliphatic hydroxyl groups is 2. The Morgan fingerprint density at radius 3 is 1.26 bits per heavy atom. The number of para-hydroxylation sites is 2.